The van der Waals surface area contributed by atoms with E-state index in [2.05, 4.69) is 25.8 Å². The Kier molecular flexibility index (Phi) is 4.57. The maximum Gasteiger partial charge on any atom is 0.418 e. The zero-order valence-electron chi connectivity index (χ0n) is 15.9. The SMILES string of the molecule is CC(C)(Nc1cccc(N)c1)C(=O)Nc1nc2c(C(F)(F)F)cc3[nH]ncc3c2s1. The molecule has 156 valence electrons. The van der Waals surface area contributed by atoms with Crippen LogP contribution < -0.4 is 16.4 Å². The molecule has 0 aliphatic heterocycles. The number of rotatable bonds is 4. The Hall–Kier alpha value is -3.34. The minimum absolute atomic E-state index is 0.0663. The lowest BCUT2D eigenvalue weighted by Gasteiger charge is -2.25. The first kappa shape index (κ1) is 20.0. The summed E-state index contributed by atoms with van der Waals surface area (Å²) in [5.41, 5.74) is 4.99. The van der Waals surface area contributed by atoms with Gasteiger partial charge in [-0.1, -0.05) is 17.4 Å². The Balaban J connectivity index is 1.67. The number of halogens is 3. The predicted octanol–water partition coefficient (Wildman–Crippen LogP) is 4.60. The first-order valence-corrected chi connectivity index (χ1v) is 9.65. The van der Waals surface area contributed by atoms with Gasteiger partial charge in [0.15, 0.2) is 5.13 Å². The first-order valence-electron chi connectivity index (χ1n) is 8.83. The fraction of sp³-hybridized carbons (Fsp3) is 0.211. The van der Waals surface area contributed by atoms with E-state index in [-0.39, 0.29) is 16.2 Å². The average molecular weight is 434 g/mol. The molecule has 0 saturated heterocycles. The van der Waals surface area contributed by atoms with Crippen LogP contribution in [0.3, 0.4) is 0 Å². The number of aromatic amines is 1. The maximum atomic E-state index is 13.5. The normalized spacial score (nSPS) is 12.4. The first-order chi connectivity index (χ1) is 14.0. The fourth-order valence-corrected chi connectivity index (χ4v) is 4.04. The molecule has 0 atom stereocenters. The van der Waals surface area contributed by atoms with Gasteiger partial charge >= 0.3 is 6.18 Å². The van der Waals surface area contributed by atoms with Crippen LogP contribution in [0.4, 0.5) is 29.7 Å². The summed E-state index contributed by atoms with van der Waals surface area (Å²) in [6, 6.07) is 7.87. The monoisotopic (exact) mass is 434 g/mol. The van der Waals surface area contributed by atoms with Crippen LogP contribution in [0, 0.1) is 0 Å². The lowest BCUT2D eigenvalue weighted by molar-refractivity contribution is -0.136. The smallest absolute Gasteiger partial charge is 0.399 e. The van der Waals surface area contributed by atoms with Gasteiger partial charge in [0.1, 0.15) is 5.54 Å². The van der Waals surface area contributed by atoms with E-state index in [0.29, 0.717) is 21.5 Å². The molecule has 4 rings (SSSR count). The van der Waals surface area contributed by atoms with Crippen LogP contribution in [0.15, 0.2) is 36.5 Å². The maximum absolute atomic E-state index is 13.5. The number of amides is 1. The summed E-state index contributed by atoms with van der Waals surface area (Å²) < 4.78 is 40.8. The van der Waals surface area contributed by atoms with Crippen molar-refractivity contribution < 1.29 is 18.0 Å². The molecule has 0 bridgehead atoms. The fourth-order valence-electron chi connectivity index (χ4n) is 3.04. The zero-order chi connectivity index (χ0) is 21.7. The van der Waals surface area contributed by atoms with Gasteiger partial charge in [-0.3, -0.25) is 15.2 Å². The van der Waals surface area contributed by atoms with Crippen molar-refractivity contribution in [3.63, 3.8) is 0 Å². The number of nitrogens with zero attached hydrogens (tertiary/aromatic N) is 2. The number of nitrogens with two attached hydrogens (primary N) is 1. The largest absolute Gasteiger partial charge is 0.418 e. The number of aromatic nitrogens is 3. The van der Waals surface area contributed by atoms with Crippen molar-refractivity contribution in [3.05, 3.63) is 42.1 Å². The Morgan fingerprint density at radius 2 is 2.00 bits per heavy atom. The average Bonchev–Trinajstić information content (AvgIpc) is 3.25. The molecule has 0 unspecified atom stereocenters. The molecule has 11 heteroatoms. The summed E-state index contributed by atoms with van der Waals surface area (Å²) in [5, 5.41) is 12.6. The van der Waals surface area contributed by atoms with Crippen molar-refractivity contribution in [2.75, 3.05) is 16.4 Å². The molecule has 2 aromatic carbocycles. The Morgan fingerprint density at radius 3 is 2.70 bits per heavy atom. The molecule has 2 heterocycles. The molecule has 4 aromatic rings. The molecule has 7 nitrogen and oxygen atoms in total. The Bertz CT molecular complexity index is 1260. The van der Waals surface area contributed by atoms with Gasteiger partial charge in [-0.2, -0.15) is 18.3 Å². The molecular weight excluding hydrogens is 417 g/mol. The van der Waals surface area contributed by atoms with E-state index < -0.39 is 23.2 Å². The third-order valence-electron chi connectivity index (χ3n) is 4.52. The van der Waals surface area contributed by atoms with Crippen molar-refractivity contribution in [1.29, 1.82) is 0 Å². The summed E-state index contributed by atoms with van der Waals surface area (Å²) in [6.07, 6.45) is -3.16. The van der Waals surface area contributed by atoms with Crippen molar-refractivity contribution in [2.45, 2.75) is 25.6 Å². The molecule has 2 aromatic heterocycles. The predicted molar refractivity (Wildman–Crippen MR) is 111 cm³/mol. The molecule has 1 amide bonds. The highest BCUT2D eigenvalue weighted by molar-refractivity contribution is 7.23. The molecule has 0 spiro atoms. The highest BCUT2D eigenvalue weighted by Gasteiger charge is 2.36. The minimum atomic E-state index is -4.60. The van der Waals surface area contributed by atoms with Crippen molar-refractivity contribution >= 4 is 54.9 Å². The van der Waals surface area contributed by atoms with E-state index in [9.17, 15) is 18.0 Å². The van der Waals surface area contributed by atoms with Crippen LogP contribution in [-0.2, 0) is 11.0 Å². The topological polar surface area (TPSA) is 109 Å². The molecule has 0 radical (unpaired) electrons. The van der Waals surface area contributed by atoms with Crippen molar-refractivity contribution in [2.24, 2.45) is 0 Å². The van der Waals surface area contributed by atoms with Gasteiger partial charge in [-0.05, 0) is 38.1 Å². The van der Waals surface area contributed by atoms with Gasteiger partial charge in [-0.25, -0.2) is 4.98 Å². The highest BCUT2D eigenvalue weighted by Crippen LogP contribution is 2.41. The number of carbonyl (C=O) groups excluding carboxylic acids is 1. The molecule has 0 saturated carbocycles. The zero-order valence-corrected chi connectivity index (χ0v) is 16.7. The van der Waals surface area contributed by atoms with Gasteiger partial charge < -0.3 is 11.1 Å². The molecule has 0 fully saturated rings. The number of nitrogen functional groups attached to an aromatic ring is 1. The van der Waals surface area contributed by atoms with Gasteiger partial charge in [-0.15, -0.1) is 0 Å². The number of alkyl halides is 3. The standard InChI is InChI=1S/C19H17F3N6OS/c1-18(2,27-10-5-3-4-9(23)6-10)16(29)26-17-25-14-12(19(20,21)22)7-13-11(8-24-28-13)15(14)30-17/h3-8,27H,23H2,1-2H3,(H,24,28)(H,25,26,29). The van der Waals surface area contributed by atoms with Crippen LogP contribution in [0.1, 0.15) is 19.4 Å². The summed E-state index contributed by atoms with van der Waals surface area (Å²) in [5.74, 6) is -0.457. The molecule has 5 N–H and O–H groups in total. The summed E-state index contributed by atoms with van der Waals surface area (Å²) in [4.78, 5) is 16.9. The van der Waals surface area contributed by atoms with E-state index in [1.165, 1.54) is 6.20 Å². The quantitative estimate of drug-likeness (QED) is 0.351. The van der Waals surface area contributed by atoms with E-state index in [0.717, 1.165) is 17.4 Å². The van der Waals surface area contributed by atoms with Gasteiger partial charge in [0, 0.05) is 16.8 Å². The van der Waals surface area contributed by atoms with Crippen LogP contribution >= 0.6 is 11.3 Å². The Labute approximate surface area is 172 Å². The number of H-pyrrole nitrogens is 1. The number of anilines is 3. The number of carbonyl (C=O) groups is 1. The van der Waals surface area contributed by atoms with Gasteiger partial charge in [0.2, 0.25) is 0 Å². The van der Waals surface area contributed by atoms with Crippen LogP contribution in [0.25, 0.3) is 21.1 Å². The van der Waals surface area contributed by atoms with Crippen molar-refractivity contribution in [1.82, 2.24) is 15.2 Å². The number of hydrogen-bond donors (Lipinski definition) is 4. The molecule has 30 heavy (non-hydrogen) atoms. The number of nitrogens with one attached hydrogen (secondary N) is 3. The highest BCUT2D eigenvalue weighted by atomic mass is 32.1. The number of benzene rings is 2. The second kappa shape index (κ2) is 6.87. The summed E-state index contributed by atoms with van der Waals surface area (Å²) in [6.45, 7) is 3.29. The third kappa shape index (κ3) is 3.63. The van der Waals surface area contributed by atoms with E-state index in [4.69, 9.17) is 5.73 Å². The van der Waals surface area contributed by atoms with Crippen LogP contribution in [-0.4, -0.2) is 26.6 Å². The minimum Gasteiger partial charge on any atom is -0.399 e. The molecule has 0 aliphatic carbocycles. The second-order valence-electron chi connectivity index (χ2n) is 7.28. The second-order valence-corrected chi connectivity index (χ2v) is 8.28. The number of fused-ring (bicyclic) bond motifs is 3. The van der Waals surface area contributed by atoms with Gasteiger partial charge in [0.25, 0.3) is 5.91 Å². The third-order valence-corrected chi connectivity index (χ3v) is 5.53. The molecule has 0 aliphatic rings. The van der Waals surface area contributed by atoms with Gasteiger partial charge in [0.05, 0.1) is 27.5 Å². The Morgan fingerprint density at radius 1 is 1.23 bits per heavy atom. The summed E-state index contributed by atoms with van der Waals surface area (Å²) in [7, 11) is 0. The lowest BCUT2D eigenvalue weighted by atomic mass is 10.0. The van der Waals surface area contributed by atoms with Crippen molar-refractivity contribution in [3.8, 4) is 0 Å². The number of hydrogen-bond acceptors (Lipinski definition) is 6. The lowest BCUT2D eigenvalue weighted by Crippen LogP contribution is -2.44. The van der Waals surface area contributed by atoms with E-state index in [1.807, 2.05) is 0 Å². The molecular formula is C19H17F3N6OS. The van der Waals surface area contributed by atoms with E-state index in [1.54, 1.807) is 38.1 Å². The number of thiazole rings is 1. The van der Waals surface area contributed by atoms with E-state index >= 15 is 0 Å². The van der Waals surface area contributed by atoms with Crippen LogP contribution in [0.2, 0.25) is 0 Å². The summed E-state index contributed by atoms with van der Waals surface area (Å²) >= 11 is 0.964. The van der Waals surface area contributed by atoms with Crippen LogP contribution in [0.5, 0.6) is 0 Å².